The molecule has 1 aromatic carbocycles. The predicted octanol–water partition coefficient (Wildman–Crippen LogP) is 3.60. The van der Waals surface area contributed by atoms with Gasteiger partial charge in [-0.2, -0.15) is 0 Å². The summed E-state index contributed by atoms with van der Waals surface area (Å²) < 4.78 is 0. The Bertz CT molecular complexity index is 356. The van der Waals surface area contributed by atoms with Gasteiger partial charge in [-0.25, -0.2) is 0 Å². The number of hydrogen-bond acceptors (Lipinski definition) is 1. The summed E-state index contributed by atoms with van der Waals surface area (Å²) in [6.07, 6.45) is 3.36. The van der Waals surface area contributed by atoms with Gasteiger partial charge in [-0.05, 0) is 37.8 Å². The summed E-state index contributed by atoms with van der Waals surface area (Å²) in [4.78, 5) is 12.0. The molecule has 0 fully saturated rings. The van der Waals surface area contributed by atoms with Gasteiger partial charge in [0.15, 0.2) is 0 Å². The molecule has 1 rings (SSSR count). The summed E-state index contributed by atoms with van der Waals surface area (Å²) in [7, 11) is 0. The zero-order valence-electron chi connectivity index (χ0n) is 10.6. The highest BCUT2D eigenvalue weighted by Crippen LogP contribution is 2.12. The van der Waals surface area contributed by atoms with Crippen LogP contribution in [0, 0.1) is 13.8 Å². The maximum absolute atomic E-state index is 12.0. The smallest absolute Gasteiger partial charge is 0.251 e. The number of benzene rings is 1. The van der Waals surface area contributed by atoms with Gasteiger partial charge in [-0.3, -0.25) is 4.79 Å². The second-order valence-electron chi connectivity index (χ2n) is 4.27. The Hall–Kier alpha value is -0.830. The maximum atomic E-state index is 12.0. The lowest BCUT2D eigenvalue weighted by Crippen LogP contribution is -2.26. The number of unbranched alkanes of at least 4 members (excludes halogenated alkanes) is 2. The fraction of sp³-hybridized carbons (Fsp3) is 0.500. The minimum Gasteiger partial charge on any atom is -0.352 e. The molecule has 94 valence electrons. The predicted molar refractivity (Wildman–Crippen MR) is 75.9 cm³/mol. The summed E-state index contributed by atoms with van der Waals surface area (Å²) in [5, 5.41) is 4.02. The number of hydrogen-bond donors (Lipinski definition) is 1. The van der Waals surface area contributed by atoms with Gasteiger partial charge in [0.2, 0.25) is 0 Å². The number of aryl methyl sites for hydroxylation is 2. The van der Waals surface area contributed by atoms with Crippen LogP contribution in [0.25, 0.3) is 0 Å². The molecule has 0 aliphatic heterocycles. The van der Waals surface area contributed by atoms with E-state index in [1.54, 1.807) is 0 Å². The van der Waals surface area contributed by atoms with Crippen molar-refractivity contribution in [2.24, 2.45) is 0 Å². The van der Waals surface area contributed by atoms with Gasteiger partial charge >= 0.3 is 0 Å². The van der Waals surface area contributed by atoms with Gasteiger partial charge in [0.1, 0.15) is 0 Å². The molecule has 3 heteroatoms. The third kappa shape index (κ3) is 4.50. The fourth-order valence-electron chi connectivity index (χ4n) is 1.86. The first-order valence-corrected chi connectivity index (χ1v) is 7.19. The van der Waals surface area contributed by atoms with E-state index in [4.69, 9.17) is 0 Å². The second kappa shape index (κ2) is 7.49. The van der Waals surface area contributed by atoms with Crippen LogP contribution in [-0.4, -0.2) is 17.8 Å². The Kier molecular flexibility index (Phi) is 6.27. The van der Waals surface area contributed by atoms with Gasteiger partial charge in [0.25, 0.3) is 5.91 Å². The first-order valence-electron chi connectivity index (χ1n) is 6.07. The number of halogens is 1. The van der Waals surface area contributed by atoms with Crippen LogP contribution in [0.3, 0.4) is 0 Å². The zero-order valence-corrected chi connectivity index (χ0v) is 12.1. The van der Waals surface area contributed by atoms with Gasteiger partial charge in [0.05, 0.1) is 0 Å². The van der Waals surface area contributed by atoms with E-state index in [0.717, 1.165) is 41.4 Å². The van der Waals surface area contributed by atoms with Crippen LogP contribution in [0.4, 0.5) is 0 Å². The molecule has 0 aliphatic carbocycles. The van der Waals surface area contributed by atoms with Crippen LogP contribution in [0.1, 0.15) is 40.7 Å². The Morgan fingerprint density at radius 3 is 2.41 bits per heavy atom. The van der Waals surface area contributed by atoms with Crippen molar-refractivity contribution < 1.29 is 4.79 Å². The Morgan fingerprint density at radius 1 is 1.18 bits per heavy atom. The largest absolute Gasteiger partial charge is 0.352 e. The molecule has 0 saturated carbocycles. The van der Waals surface area contributed by atoms with Crippen molar-refractivity contribution in [1.29, 1.82) is 0 Å². The summed E-state index contributed by atoms with van der Waals surface area (Å²) in [5.74, 6) is 0.0550. The molecule has 0 aliphatic rings. The van der Waals surface area contributed by atoms with Crippen LogP contribution < -0.4 is 5.32 Å². The lowest BCUT2D eigenvalue weighted by atomic mass is 10.0. The molecule has 0 saturated heterocycles. The van der Waals surface area contributed by atoms with E-state index < -0.39 is 0 Å². The number of carbonyl (C=O) groups excluding carboxylic acids is 1. The van der Waals surface area contributed by atoms with Gasteiger partial charge in [-0.15, -0.1) is 0 Å². The summed E-state index contributed by atoms with van der Waals surface area (Å²) in [6.45, 7) is 4.72. The lowest BCUT2D eigenvalue weighted by Gasteiger charge is -2.10. The highest BCUT2D eigenvalue weighted by Gasteiger charge is 2.10. The van der Waals surface area contributed by atoms with E-state index in [1.165, 1.54) is 6.42 Å². The number of rotatable bonds is 6. The van der Waals surface area contributed by atoms with Gasteiger partial charge in [0, 0.05) is 17.4 Å². The van der Waals surface area contributed by atoms with Crippen LogP contribution in [0.5, 0.6) is 0 Å². The number of carbonyl (C=O) groups is 1. The topological polar surface area (TPSA) is 29.1 Å². The van der Waals surface area contributed by atoms with E-state index >= 15 is 0 Å². The number of nitrogens with one attached hydrogen (secondary N) is 1. The minimum absolute atomic E-state index is 0.0550. The van der Waals surface area contributed by atoms with E-state index in [-0.39, 0.29) is 5.91 Å². The molecule has 1 amide bonds. The lowest BCUT2D eigenvalue weighted by molar-refractivity contribution is 0.0952. The van der Waals surface area contributed by atoms with Crippen molar-refractivity contribution >= 4 is 21.8 Å². The third-order valence-electron chi connectivity index (χ3n) is 2.80. The molecule has 0 heterocycles. The zero-order chi connectivity index (χ0) is 12.7. The van der Waals surface area contributed by atoms with Crippen LogP contribution >= 0.6 is 15.9 Å². The molecular formula is C14H20BrNO. The Morgan fingerprint density at radius 2 is 1.82 bits per heavy atom. The number of alkyl halides is 1. The van der Waals surface area contributed by atoms with Gasteiger partial charge < -0.3 is 5.32 Å². The fourth-order valence-corrected chi connectivity index (χ4v) is 2.26. The quantitative estimate of drug-likeness (QED) is 0.631. The molecule has 1 N–H and O–H groups in total. The van der Waals surface area contributed by atoms with E-state index in [9.17, 15) is 4.79 Å². The highest BCUT2D eigenvalue weighted by atomic mass is 79.9. The molecule has 0 aromatic heterocycles. The monoisotopic (exact) mass is 297 g/mol. The van der Waals surface area contributed by atoms with Crippen molar-refractivity contribution in [1.82, 2.24) is 5.32 Å². The van der Waals surface area contributed by atoms with E-state index in [0.29, 0.717) is 0 Å². The number of amides is 1. The first-order chi connectivity index (χ1) is 8.16. The van der Waals surface area contributed by atoms with Crippen molar-refractivity contribution in [2.45, 2.75) is 33.1 Å². The Labute approximate surface area is 112 Å². The van der Waals surface area contributed by atoms with E-state index in [1.807, 2.05) is 32.0 Å². The molecule has 17 heavy (non-hydrogen) atoms. The van der Waals surface area contributed by atoms with Crippen LogP contribution in [-0.2, 0) is 0 Å². The van der Waals surface area contributed by atoms with Crippen molar-refractivity contribution in [3.05, 3.63) is 34.9 Å². The molecular weight excluding hydrogens is 278 g/mol. The summed E-state index contributed by atoms with van der Waals surface area (Å²) >= 11 is 3.40. The van der Waals surface area contributed by atoms with Crippen molar-refractivity contribution in [3.8, 4) is 0 Å². The second-order valence-corrected chi connectivity index (χ2v) is 5.07. The van der Waals surface area contributed by atoms with Crippen molar-refractivity contribution in [3.63, 3.8) is 0 Å². The average Bonchev–Trinajstić information content (AvgIpc) is 2.28. The average molecular weight is 298 g/mol. The molecule has 0 radical (unpaired) electrons. The molecule has 2 nitrogen and oxygen atoms in total. The summed E-state index contributed by atoms with van der Waals surface area (Å²) in [5.41, 5.74) is 2.92. The standard InChI is InChI=1S/C14H20BrNO/c1-11-7-6-8-12(2)13(11)14(17)16-10-5-3-4-9-15/h6-8H,3-5,9-10H2,1-2H3,(H,16,17). The third-order valence-corrected chi connectivity index (χ3v) is 3.36. The molecule has 0 unspecified atom stereocenters. The molecule has 1 aromatic rings. The molecule has 0 bridgehead atoms. The normalized spacial score (nSPS) is 10.3. The van der Waals surface area contributed by atoms with Crippen LogP contribution in [0.2, 0.25) is 0 Å². The minimum atomic E-state index is 0.0550. The van der Waals surface area contributed by atoms with Crippen LogP contribution in [0.15, 0.2) is 18.2 Å². The molecule has 0 spiro atoms. The molecule has 0 atom stereocenters. The van der Waals surface area contributed by atoms with Gasteiger partial charge in [-0.1, -0.05) is 40.5 Å². The Balaban J connectivity index is 2.47. The SMILES string of the molecule is Cc1cccc(C)c1C(=O)NCCCCCBr. The maximum Gasteiger partial charge on any atom is 0.251 e. The summed E-state index contributed by atoms with van der Waals surface area (Å²) in [6, 6.07) is 5.94. The first kappa shape index (κ1) is 14.2. The highest BCUT2D eigenvalue weighted by molar-refractivity contribution is 9.09. The van der Waals surface area contributed by atoms with E-state index in [2.05, 4.69) is 21.2 Å². The van der Waals surface area contributed by atoms with Crippen molar-refractivity contribution in [2.75, 3.05) is 11.9 Å².